The molecule has 2 aromatic carbocycles. The van der Waals surface area contributed by atoms with Gasteiger partial charge in [-0.2, -0.15) is 0 Å². The summed E-state index contributed by atoms with van der Waals surface area (Å²) in [4.78, 5) is 4.68. The fraction of sp³-hybridized carbons (Fsp3) is 0.211. The summed E-state index contributed by atoms with van der Waals surface area (Å²) in [6.07, 6.45) is 1.79. The molecule has 0 saturated carbocycles. The quantitative estimate of drug-likeness (QED) is 0.616. The number of hydrogen-bond acceptors (Lipinski definition) is 4. The maximum absolute atomic E-state index is 6.37. The molecule has 1 unspecified atom stereocenters. The summed E-state index contributed by atoms with van der Waals surface area (Å²) in [5.41, 5.74) is 9.57. The van der Waals surface area contributed by atoms with E-state index in [-0.39, 0.29) is 6.04 Å². The minimum Gasteiger partial charge on any atom is -0.495 e. The molecule has 1 heterocycles. The first-order valence-corrected chi connectivity index (χ1v) is 8.80. The second-order valence-electron chi connectivity index (χ2n) is 6.15. The van der Waals surface area contributed by atoms with Gasteiger partial charge in [0.15, 0.2) is 0 Å². The number of aromatic nitrogens is 1. The van der Waals surface area contributed by atoms with E-state index in [1.807, 2.05) is 30.3 Å². The minimum atomic E-state index is 0.0554. The Hall–Kier alpha value is -2.17. The molecule has 128 valence electrons. The lowest BCUT2D eigenvalue weighted by Gasteiger charge is -2.19. The molecule has 4 rings (SSSR count). The van der Waals surface area contributed by atoms with Crippen molar-refractivity contribution in [3.8, 4) is 5.75 Å². The van der Waals surface area contributed by atoms with Crippen molar-refractivity contribution in [3.63, 3.8) is 0 Å². The van der Waals surface area contributed by atoms with E-state index in [1.54, 1.807) is 13.2 Å². The van der Waals surface area contributed by atoms with Gasteiger partial charge in [-0.3, -0.25) is 0 Å². The van der Waals surface area contributed by atoms with Crippen LogP contribution in [0.25, 0.3) is 10.9 Å². The zero-order valence-electron chi connectivity index (χ0n) is 13.6. The van der Waals surface area contributed by atoms with Crippen LogP contribution < -0.4 is 15.8 Å². The first-order chi connectivity index (χ1) is 12.1. The number of pyridine rings is 1. The third kappa shape index (κ3) is 2.86. The molecular weight excluding hydrogens is 357 g/mol. The van der Waals surface area contributed by atoms with E-state index in [1.165, 1.54) is 0 Å². The maximum Gasteiger partial charge on any atom is 0.143 e. The summed E-state index contributed by atoms with van der Waals surface area (Å²) in [5.74, 6) is 1.48. The molecule has 0 saturated heterocycles. The predicted octanol–water partition coefficient (Wildman–Crippen LogP) is 5.23. The molecule has 4 nitrogen and oxygen atoms in total. The summed E-state index contributed by atoms with van der Waals surface area (Å²) in [6.45, 7) is 0. The van der Waals surface area contributed by atoms with Gasteiger partial charge in [-0.1, -0.05) is 23.2 Å². The van der Waals surface area contributed by atoms with Crippen LogP contribution in [-0.2, 0) is 6.42 Å². The normalized spacial score (nSPS) is 16.0. The number of nitrogens with one attached hydrogen (secondary N) is 1. The van der Waals surface area contributed by atoms with Crippen LogP contribution in [0.15, 0.2) is 36.4 Å². The number of nitrogens with zero attached hydrogens (tertiary/aromatic N) is 1. The first kappa shape index (κ1) is 16.3. The summed E-state index contributed by atoms with van der Waals surface area (Å²) in [7, 11) is 1.63. The molecule has 0 radical (unpaired) electrons. The van der Waals surface area contributed by atoms with Crippen molar-refractivity contribution in [1.29, 1.82) is 0 Å². The molecule has 1 aliphatic rings. The Bertz CT molecular complexity index is 975. The number of nitrogens with two attached hydrogens (primary N) is 1. The Morgan fingerprint density at radius 2 is 2.00 bits per heavy atom. The Labute approximate surface area is 155 Å². The lowest BCUT2D eigenvalue weighted by molar-refractivity contribution is 0.408. The highest BCUT2D eigenvalue weighted by molar-refractivity contribution is 6.36. The lowest BCUT2D eigenvalue weighted by Crippen LogP contribution is -2.10. The van der Waals surface area contributed by atoms with Gasteiger partial charge in [-0.25, -0.2) is 4.98 Å². The first-order valence-electron chi connectivity index (χ1n) is 8.04. The molecule has 0 bridgehead atoms. The van der Waals surface area contributed by atoms with Crippen LogP contribution in [0.3, 0.4) is 0 Å². The molecule has 0 spiro atoms. The van der Waals surface area contributed by atoms with Crippen molar-refractivity contribution >= 4 is 45.6 Å². The summed E-state index contributed by atoms with van der Waals surface area (Å²) >= 11 is 12.7. The van der Waals surface area contributed by atoms with Gasteiger partial charge in [0.05, 0.1) is 23.7 Å². The summed E-state index contributed by atoms with van der Waals surface area (Å²) < 4.78 is 5.53. The fourth-order valence-electron chi connectivity index (χ4n) is 3.47. The number of halogens is 2. The monoisotopic (exact) mass is 373 g/mol. The van der Waals surface area contributed by atoms with E-state index in [0.717, 1.165) is 46.4 Å². The Balaban J connectivity index is 1.71. The summed E-state index contributed by atoms with van der Waals surface area (Å²) in [6, 6.07) is 11.5. The third-order valence-electron chi connectivity index (χ3n) is 4.60. The second-order valence-corrected chi connectivity index (χ2v) is 6.96. The van der Waals surface area contributed by atoms with Gasteiger partial charge >= 0.3 is 0 Å². The van der Waals surface area contributed by atoms with Crippen LogP contribution in [0.5, 0.6) is 5.75 Å². The van der Waals surface area contributed by atoms with Crippen molar-refractivity contribution in [3.05, 3.63) is 57.6 Å². The largest absolute Gasteiger partial charge is 0.495 e. The molecule has 0 fully saturated rings. The fourth-order valence-corrected chi connectivity index (χ4v) is 4.12. The highest BCUT2D eigenvalue weighted by Gasteiger charge is 2.30. The molecule has 0 amide bonds. The number of ether oxygens (including phenoxy) is 1. The average molecular weight is 374 g/mol. The lowest BCUT2D eigenvalue weighted by atomic mass is 10.1. The Morgan fingerprint density at radius 3 is 2.80 bits per heavy atom. The zero-order valence-corrected chi connectivity index (χ0v) is 15.2. The third-order valence-corrected chi connectivity index (χ3v) is 5.22. The van der Waals surface area contributed by atoms with Gasteiger partial charge in [0.25, 0.3) is 0 Å². The van der Waals surface area contributed by atoms with Gasteiger partial charge in [0.2, 0.25) is 0 Å². The molecule has 25 heavy (non-hydrogen) atoms. The molecule has 3 N–H and O–H groups in total. The number of hydrogen-bond donors (Lipinski definition) is 2. The van der Waals surface area contributed by atoms with Crippen LogP contribution in [0.1, 0.15) is 23.6 Å². The van der Waals surface area contributed by atoms with Crippen LogP contribution in [0.2, 0.25) is 10.0 Å². The molecule has 6 heteroatoms. The molecular formula is C19H17Cl2N3O. The van der Waals surface area contributed by atoms with E-state index in [2.05, 4.69) is 10.3 Å². The molecule has 3 aromatic rings. The second kappa shape index (κ2) is 6.28. The predicted molar refractivity (Wildman–Crippen MR) is 104 cm³/mol. The average Bonchev–Trinajstić information content (AvgIpc) is 2.99. The van der Waals surface area contributed by atoms with Gasteiger partial charge in [-0.15, -0.1) is 0 Å². The van der Waals surface area contributed by atoms with E-state index in [4.69, 9.17) is 33.7 Å². The number of benzene rings is 2. The molecule has 1 aliphatic carbocycles. The SMILES string of the molecule is COc1c(Cl)cc(Cl)c2c1C(Nc1ccc3cc(N)ccc3n1)CC2. The van der Waals surface area contributed by atoms with Crippen LogP contribution in [0.4, 0.5) is 11.5 Å². The van der Waals surface area contributed by atoms with Gasteiger partial charge < -0.3 is 15.8 Å². The van der Waals surface area contributed by atoms with E-state index in [9.17, 15) is 0 Å². The van der Waals surface area contributed by atoms with E-state index >= 15 is 0 Å². The Kier molecular flexibility index (Phi) is 4.10. The highest BCUT2D eigenvalue weighted by atomic mass is 35.5. The van der Waals surface area contributed by atoms with Gasteiger partial charge in [0.1, 0.15) is 11.6 Å². The number of methoxy groups -OCH3 is 1. The maximum atomic E-state index is 6.37. The number of anilines is 2. The minimum absolute atomic E-state index is 0.0554. The van der Waals surface area contributed by atoms with Crippen molar-refractivity contribution in [1.82, 2.24) is 4.98 Å². The highest BCUT2D eigenvalue weighted by Crippen LogP contribution is 2.46. The molecule has 1 atom stereocenters. The van der Waals surface area contributed by atoms with Crippen molar-refractivity contribution in [2.75, 3.05) is 18.2 Å². The van der Waals surface area contributed by atoms with E-state index < -0.39 is 0 Å². The van der Waals surface area contributed by atoms with Crippen molar-refractivity contribution in [2.24, 2.45) is 0 Å². The standard InChI is InChI=1S/C19H17Cl2N3O/c1-25-19-14(21)9-13(20)12-4-6-16(18(12)19)24-17-7-2-10-8-11(22)3-5-15(10)23-17/h2-3,5,7-9,16H,4,6,22H2,1H3,(H,23,24). The smallest absolute Gasteiger partial charge is 0.143 e. The topological polar surface area (TPSA) is 60.2 Å². The zero-order chi connectivity index (χ0) is 17.6. The van der Waals surface area contributed by atoms with E-state index in [0.29, 0.717) is 15.8 Å². The van der Waals surface area contributed by atoms with Crippen molar-refractivity contribution in [2.45, 2.75) is 18.9 Å². The van der Waals surface area contributed by atoms with Crippen LogP contribution in [-0.4, -0.2) is 12.1 Å². The van der Waals surface area contributed by atoms with Gasteiger partial charge in [0, 0.05) is 21.7 Å². The number of rotatable bonds is 3. The molecule has 1 aromatic heterocycles. The Morgan fingerprint density at radius 1 is 1.16 bits per heavy atom. The molecule has 0 aliphatic heterocycles. The van der Waals surface area contributed by atoms with Crippen LogP contribution in [0, 0.1) is 0 Å². The number of nitrogen functional groups attached to an aromatic ring is 1. The summed E-state index contributed by atoms with van der Waals surface area (Å²) in [5, 5.41) is 5.72. The number of fused-ring (bicyclic) bond motifs is 2. The van der Waals surface area contributed by atoms with Crippen LogP contribution >= 0.6 is 23.2 Å². The van der Waals surface area contributed by atoms with Crippen molar-refractivity contribution < 1.29 is 4.74 Å². The van der Waals surface area contributed by atoms with Gasteiger partial charge in [-0.05, 0) is 54.8 Å².